The van der Waals surface area contributed by atoms with Crippen LogP contribution >= 0.6 is 7.14 Å². The molecule has 0 N–H and O–H groups in total. The smallest absolute Gasteiger partial charge is 0.387 e. The summed E-state index contributed by atoms with van der Waals surface area (Å²) < 4.78 is 60.9. The molecule has 0 spiro atoms. The van der Waals surface area contributed by atoms with Crippen LogP contribution in [0.1, 0.15) is 47.2 Å². The van der Waals surface area contributed by atoms with E-state index in [0.717, 1.165) is 11.1 Å². The average Bonchev–Trinajstić information content (AvgIpc) is 3.36. The molecule has 196 valence electrons. The summed E-state index contributed by atoms with van der Waals surface area (Å²) in [6, 6.07) is 14.1. The third-order valence-corrected chi connectivity index (χ3v) is 8.98. The lowest BCUT2D eigenvalue weighted by Crippen LogP contribution is -2.34. The summed E-state index contributed by atoms with van der Waals surface area (Å²) in [6.07, 6.45) is 0.476. The molecular formula is C28H25F3N3O3P. The number of halogens is 3. The molecule has 2 aliphatic heterocycles. The maximum Gasteiger partial charge on any atom is 0.387 e. The van der Waals surface area contributed by atoms with Crippen LogP contribution in [0.25, 0.3) is 22.2 Å². The summed E-state index contributed by atoms with van der Waals surface area (Å²) in [5.74, 6) is -0.121. The molecule has 38 heavy (non-hydrogen) atoms. The standard InChI is InChI=1S/C28H25F3N3O3P/c1-4-33-22-14-21(25-17(27(33)35)6-5-7-23(25)37-28(30)31)34-20-13-16(8-10-19(20)32-26(22)34)15-9-11-24(18(29)12-15)38(2,3)36/h5-13,21-22,28H,4,14H2,1-3H3/t21-,22-/m1/s1. The molecule has 1 aromatic heterocycles. The third-order valence-electron chi connectivity index (χ3n) is 7.46. The first-order valence-corrected chi connectivity index (χ1v) is 14.9. The van der Waals surface area contributed by atoms with Crippen molar-refractivity contribution >= 4 is 29.4 Å². The molecule has 0 saturated heterocycles. The average molecular weight is 539 g/mol. The van der Waals surface area contributed by atoms with E-state index in [9.17, 15) is 22.5 Å². The summed E-state index contributed by atoms with van der Waals surface area (Å²) in [5, 5.41) is 0.199. The number of fused-ring (bicyclic) bond motifs is 9. The van der Waals surface area contributed by atoms with Crippen molar-refractivity contribution < 1.29 is 27.3 Å². The van der Waals surface area contributed by atoms with Gasteiger partial charge in [0.2, 0.25) is 0 Å². The Kier molecular flexibility index (Phi) is 5.69. The third kappa shape index (κ3) is 3.75. The highest BCUT2D eigenvalue weighted by molar-refractivity contribution is 7.70. The minimum atomic E-state index is -3.04. The predicted molar refractivity (Wildman–Crippen MR) is 139 cm³/mol. The molecule has 2 aliphatic rings. The Bertz CT molecular complexity index is 1660. The largest absolute Gasteiger partial charge is 0.434 e. The zero-order valence-electron chi connectivity index (χ0n) is 21.0. The molecule has 0 fully saturated rings. The van der Waals surface area contributed by atoms with Gasteiger partial charge in [0, 0.05) is 29.4 Å². The number of carbonyl (C=O) groups excluding carboxylic acids is 1. The van der Waals surface area contributed by atoms with Crippen LogP contribution in [0.5, 0.6) is 5.75 Å². The Morgan fingerprint density at radius 2 is 1.82 bits per heavy atom. The number of hydrogen-bond donors (Lipinski definition) is 0. The van der Waals surface area contributed by atoms with Gasteiger partial charge in [0.05, 0.1) is 23.1 Å². The van der Waals surface area contributed by atoms with E-state index < -0.39 is 25.6 Å². The van der Waals surface area contributed by atoms with Crippen molar-refractivity contribution in [1.82, 2.24) is 14.5 Å². The van der Waals surface area contributed by atoms with Crippen LogP contribution in [0.4, 0.5) is 13.2 Å². The van der Waals surface area contributed by atoms with Crippen molar-refractivity contribution in [1.29, 1.82) is 0 Å². The molecular weight excluding hydrogens is 514 g/mol. The monoisotopic (exact) mass is 539 g/mol. The Hall–Kier alpha value is -3.58. The van der Waals surface area contributed by atoms with Gasteiger partial charge in [-0.15, -0.1) is 0 Å². The van der Waals surface area contributed by atoms with Gasteiger partial charge in [-0.3, -0.25) is 4.79 Å². The SMILES string of the molecule is CCN1C(=O)c2cccc(OC(F)F)c2[C@H]2C[C@@H]1c1nc3ccc(-c4ccc(P(C)(C)=O)c(F)c4)cc3n12. The van der Waals surface area contributed by atoms with Gasteiger partial charge in [0.15, 0.2) is 0 Å². The quantitative estimate of drug-likeness (QED) is 0.283. The van der Waals surface area contributed by atoms with Crippen LogP contribution in [-0.2, 0) is 4.57 Å². The van der Waals surface area contributed by atoms with Crippen LogP contribution in [-0.4, -0.2) is 46.8 Å². The van der Waals surface area contributed by atoms with Gasteiger partial charge in [-0.05, 0) is 67.8 Å². The molecule has 10 heteroatoms. The number of nitrogens with zero attached hydrogens (tertiary/aromatic N) is 3. The number of imidazole rings is 1. The zero-order chi connectivity index (χ0) is 26.9. The molecule has 2 atom stereocenters. The summed E-state index contributed by atoms with van der Waals surface area (Å²) in [5.41, 5.74) is 3.52. The van der Waals surface area contributed by atoms with Crippen LogP contribution in [0, 0.1) is 5.82 Å². The summed E-state index contributed by atoms with van der Waals surface area (Å²) >= 11 is 0. The maximum absolute atomic E-state index is 14.9. The molecule has 0 saturated carbocycles. The number of alkyl halides is 2. The van der Waals surface area contributed by atoms with Crippen molar-refractivity contribution in [2.75, 3.05) is 19.9 Å². The normalized spacial score (nSPS) is 18.6. The Labute approximate surface area is 217 Å². The second kappa shape index (κ2) is 8.73. The first kappa shape index (κ1) is 24.7. The van der Waals surface area contributed by atoms with Gasteiger partial charge in [0.25, 0.3) is 5.91 Å². The van der Waals surface area contributed by atoms with E-state index in [4.69, 9.17) is 9.72 Å². The van der Waals surface area contributed by atoms with E-state index in [1.165, 1.54) is 25.5 Å². The van der Waals surface area contributed by atoms with Crippen molar-refractivity contribution in [2.24, 2.45) is 0 Å². The van der Waals surface area contributed by atoms with E-state index >= 15 is 0 Å². The molecule has 3 aromatic carbocycles. The minimum absolute atomic E-state index is 0.0281. The molecule has 6 rings (SSSR count). The Morgan fingerprint density at radius 3 is 2.50 bits per heavy atom. The number of rotatable bonds is 5. The fourth-order valence-corrected chi connectivity index (χ4v) is 6.86. The second-order valence-corrected chi connectivity index (χ2v) is 13.2. The first-order valence-electron chi connectivity index (χ1n) is 12.3. The lowest BCUT2D eigenvalue weighted by molar-refractivity contribution is -0.0507. The molecule has 0 aliphatic carbocycles. The highest BCUT2D eigenvalue weighted by Gasteiger charge is 2.45. The number of aromatic nitrogens is 2. The molecule has 3 heterocycles. The van der Waals surface area contributed by atoms with Crippen LogP contribution in [0.2, 0.25) is 0 Å². The molecule has 0 radical (unpaired) electrons. The lowest BCUT2D eigenvalue weighted by atomic mass is 9.97. The summed E-state index contributed by atoms with van der Waals surface area (Å²) in [6.45, 7) is 2.33. The highest BCUT2D eigenvalue weighted by Crippen LogP contribution is 2.50. The van der Waals surface area contributed by atoms with Crippen LogP contribution in [0.3, 0.4) is 0 Å². The summed E-state index contributed by atoms with van der Waals surface area (Å²) in [7, 11) is -2.77. The minimum Gasteiger partial charge on any atom is -0.434 e. The molecule has 4 aromatic rings. The van der Waals surface area contributed by atoms with Crippen molar-refractivity contribution in [2.45, 2.75) is 32.0 Å². The number of carbonyl (C=O) groups is 1. The summed E-state index contributed by atoms with van der Waals surface area (Å²) in [4.78, 5) is 20.0. The van der Waals surface area contributed by atoms with Crippen LogP contribution in [0.15, 0.2) is 54.6 Å². The van der Waals surface area contributed by atoms with E-state index in [1.807, 2.05) is 29.7 Å². The van der Waals surface area contributed by atoms with E-state index in [0.29, 0.717) is 41.0 Å². The van der Waals surface area contributed by atoms with Gasteiger partial charge >= 0.3 is 6.61 Å². The maximum atomic E-state index is 14.9. The van der Waals surface area contributed by atoms with Gasteiger partial charge in [0.1, 0.15) is 24.5 Å². The number of ether oxygens (including phenoxy) is 1. The number of benzene rings is 3. The van der Waals surface area contributed by atoms with Crippen LogP contribution < -0.4 is 10.0 Å². The predicted octanol–water partition coefficient (Wildman–Crippen LogP) is 6.20. The second-order valence-electron chi connectivity index (χ2n) is 10.0. The van der Waals surface area contributed by atoms with Crippen molar-refractivity contribution in [3.8, 4) is 16.9 Å². The van der Waals surface area contributed by atoms with Crippen molar-refractivity contribution in [3.05, 3.63) is 77.4 Å². The van der Waals surface area contributed by atoms with E-state index in [-0.39, 0.29) is 23.0 Å². The van der Waals surface area contributed by atoms with Gasteiger partial charge in [-0.2, -0.15) is 8.78 Å². The Morgan fingerprint density at radius 1 is 1.08 bits per heavy atom. The molecule has 1 amide bonds. The topological polar surface area (TPSA) is 64.4 Å². The molecule has 6 nitrogen and oxygen atoms in total. The fourth-order valence-electron chi connectivity index (χ4n) is 5.85. The Balaban J connectivity index is 1.55. The highest BCUT2D eigenvalue weighted by atomic mass is 31.2. The van der Waals surface area contributed by atoms with Crippen molar-refractivity contribution in [3.63, 3.8) is 0 Å². The van der Waals surface area contributed by atoms with Gasteiger partial charge in [-0.25, -0.2) is 9.37 Å². The fraction of sp³-hybridized carbons (Fsp3) is 0.286. The van der Waals surface area contributed by atoms with E-state index in [2.05, 4.69) is 0 Å². The lowest BCUT2D eigenvalue weighted by Gasteiger charge is -2.27. The zero-order valence-corrected chi connectivity index (χ0v) is 21.9. The van der Waals surface area contributed by atoms with Gasteiger partial charge < -0.3 is 18.8 Å². The van der Waals surface area contributed by atoms with Gasteiger partial charge in [-0.1, -0.05) is 18.2 Å². The van der Waals surface area contributed by atoms with E-state index in [1.54, 1.807) is 29.2 Å². The molecule has 2 bridgehead atoms. The number of amides is 1. The number of hydrogen-bond acceptors (Lipinski definition) is 4. The first-order chi connectivity index (χ1) is 18.1. The molecule has 0 unspecified atom stereocenters.